The van der Waals surface area contributed by atoms with E-state index in [1.165, 1.54) is 48.7 Å². The molecule has 0 unspecified atom stereocenters. The largest absolute Gasteiger partial charge is 0.455 e. The summed E-state index contributed by atoms with van der Waals surface area (Å²) in [5, 5.41) is 2.99. The first-order chi connectivity index (χ1) is 20.4. The number of carbonyl (C=O) groups excluding carboxylic acids is 1. The fraction of sp³-hybridized carbons (Fsp3) is 0.100. The Balaban J connectivity index is 1.61. The second kappa shape index (κ2) is 10.1. The highest BCUT2D eigenvalue weighted by Crippen LogP contribution is 2.44. The molecule has 1 amide bonds. The van der Waals surface area contributed by atoms with Gasteiger partial charge >= 0.3 is 10.2 Å². The van der Waals surface area contributed by atoms with E-state index in [0.717, 1.165) is 10.6 Å². The third kappa shape index (κ3) is 4.85. The molecule has 0 bridgehead atoms. The lowest BCUT2D eigenvalue weighted by atomic mass is 9.98. The number of benzene rings is 4. The second-order valence-corrected chi connectivity index (χ2v) is 13.5. The van der Waals surface area contributed by atoms with Crippen LogP contribution in [0.3, 0.4) is 0 Å². The smallest absolute Gasteiger partial charge is 0.328 e. The average molecular weight is 621 g/mol. The van der Waals surface area contributed by atoms with Gasteiger partial charge < -0.3 is 9.73 Å². The number of furan rings is 1. The van der Waals surface area contributed by atoms with Crippen molar-refractivity contribution >= 4 is 59.9 Å². The van der Waals surface area contributed by atoms with E-state index in [1.807, 2.05) is 0 Å². The van der Waals surface area contributed by atoms with Crippen LogP contribution >= 0.6 is 0 Å². The van der Waals surface area contributed by atoms with Crippen LogP contribution in [0.2, 0.25) is 0 Å². The Morgan fingerprint density at radius 1 is 0.977 bits per heavy atom. The fourth-order valence-electron chi connectivity index (χ4n) is 5.09. The predicted octanol–water partition coefficient (Wildman–Crippen LogP) is 5.47. The highest BCUT2D eigenvalue weighted by molar-refractivity contribution is 7.95. The Morgan fingerprint density at radius 2 is 1.70 bits per heavy atom. The molecule has 0 aliphatic carbocycles. The molecule has 43 heavy (non-hydrogen) atoms. The molecular weight excluding hydrogens is 595 g/mol. The van der Waals surface area contributed by atoms with Crippen molar-refractivity contribution in [1.82, 2.24) is 5.32 Å². The van der Waals surface area contributed by atoms with Gasteiger partial charge in [-0.3, -0.25) is 13.8 Å². The molecule has 1 aliphatic heterocycles. The minimum absolute atomic E-state index is 0.176. The van der Waals surface area contributed by atoms with Crippen molar-refractivity contribution < 1.29 is 30.4 Å². The Hall–Kier alpha value is -4.88. The van der Waals surface area contributed by atoms with Crippen LogP contribution < -0.4 is 18.6 Å². The molecule has 0 saturated heterocycles. The molecule has 0 saturated carbocycles. The van der Waals surface area contributed by atoms with Crippen LogP contribution in [-0.2, 0) is 20.2 Å². The quantitative estimate of drug-likeness (QED) is 0.259. The van der Waals surface area contributed by atoms with Gasteiger partial charge in [-0.1, -0.05) is 24.3 Å². The number of rotatable bonds is 6. The second-order valence-electron chi connectivity index (χ2n) is 9.93. The number of para-hydroxylation sites is 2. The maximum atomic E-state index is 13.7. The Bertz CT molecular complexity index is 2150. The van der Waals surface area contributed by atoms with E-state index in [0.29, 0.717) is 39.1 Å². The van der Waals surface area contributed by atoms with Crippen LogP contribution in [0.5, 0.6) is 0 Å². The number of carbonyl (C=O) groups is 1. The van der Waals surface area contributed by atoms with Crippen molar-refractivity contribution in [2.75, 3.05) is 33.7 Å². The van der Waals surface area contributed by atoms with Gasteiger partial charge in [0.1, 0.15) is 17.2 Å². The molecule has 6 rings (SSSR count). The van der Waals surface area contributed by atoms with Gasteiger partial charge in [-0.2, -0.15) is 8.42 Å². The average Bonchev–Trinajstić information content (AvgIpc) is 3.48. The maximum absolute atomic E-state index is 13.7. The molecule has 5 aromatic rings. The van der Waals surface area contributed by atoms with Crippen molar-refractivity contribution in [2.45, 2.75) is 0 Å². The first kappa shape index (κ1) is 28.2. The lowest BCUT2D eigenvalue weighted by Gasteiger charge is -2.22. The van der Waals surface area contributed by atoms with E-state index in [9.17, 15) is 26.0 Å². The molecular formula is C30H25FN4O6S2. The van der Waals surface area contributed by atoms with E-state index in [1.54, 1.807) is 54.6 Å². The first-order valence-corrected chi connectivity index (χ1v) is 16.2. The Labute approximate surface area is 247 Å². The summed E-state index contributed by atoms with van der Waals surface area (Å²) < 4.78 is 76.3. The number of fused-ring (bicyclic) bond motifs is 2. The van der Waals surface area contributed by atoms with E-state index in [2.05, 4.69) is 10.0 Å². The number of halogens is 1. The third-order valence-corrected chi connectivity index (χ3v) is 9.76. The minimum Gasteiger partial charge on any atom is -0.455 e. The number of amides is 1. The number of sulfonamides is 1. The van der Waals surface area contributed by atoms with Gasteiger partial charge in [0.2, 0.25) is 10.0 Å². The molecule has 2 heterocycles. The molecule has 0 atom stereocenters. The van der Waals surface area contributed by atoms with Gasteiger partial charge in [-0.15, -0.1) is 0 Å². The summed E-state index contributed by atoms with van der Waals surface area (Å²) in [6.07, 6.45) is 1.05. The lowest BCUT2D eigenvalue weighted by Crippen LogP contribution is -2.26. The number of anilines is 4. The summed E-state index contributed by atoms with van der Waals surface area (Å²) in [4.78, 5) is 13.2. The standard InChI is InChI=1S/C30H25FN4O6S2/c1-32-30(36)28-23-16-22(19-7-6-8-21(15-19)35-25-10-5-4-9-24(25)33-43(35,39)40)26(34(2)42(3,37)38)17-27(23)41-29(28)18-11-13-20(31)14-12-18/h4-17,33H,1-3H3,(H,32,36). The summed E-state index contributed by atoms with van der Waals surface area (Å²) in [6.45, 7) is 0. The van der Waals surface area contributed by atoms with Gasteiger partial charge in [-0.25, -0.2) is 17.1 Å². The molecule has 0 spiro atoms. The van der Waals surface area contributed by atoms with Crippen LogP contribution in [0.1, 0.15) is 10.4 Å². The fourth-order valence-corrected chi connectivity index (χ4v) is 6.95. The maximum Gasteiger partial charge on any atom is 0.328 e. The van der Waals surface area contributed by atoms with E-state index in [4.69, 9.17) is 4.42 Å². The van der Waals surface area contributed by atoms with Crippen molar-refractivity contribution in [3.8, 4) is 22.5 Å². The third-order valence-electron chi connectivity index (χ3n) is 7.20. The Morgan fingerprint density at radius 3 is 2.40 bits per heavy atom. The summed E-state index contributed by atoms with van der Waals surface area (Å²) in [7, 11) is -4.86. The van der Waals surface area contributed by atoms with Gasteiger partial charge in [0.05, 0.1) is 34.6 Å². The van der Waals surface area contributed by atoms with E-state index >= 15 is 0 Å². The van der Waals surface area contributed by atoms with Gasteiger partial charge in [-0.05, 0) is 60.2 Å². The molecule has 0 radical (unpaired) electrons. The molecule has 220 valence electrons. The van der Waals surface area contributed by atoms with Gasteiger partial charge in [0.15, 0.2) is 0 Å². The Kier molecular flexibility index (Phi) is 6.66. The monoisotopic (exact) mass is 620 g/mol. The summed E-state index contributed by atoms with van der Waals surface area (Å²) in [6, 6.07) is 22.0. The summed E-state index contributed by atoms with van der Waals surface area (Å²) in [5.41, 5.74) is 3.14. The van der Waals surface area contributed by atoms with Crippen molar-refractivity contribution in [1.29, 1.82) is 0 Å². The van der Waals surface area contributed by atoms with Crippen LogP contribution in [0.25, 0.3) is 33.4 Å². The van der Waals surface area contributed by atoms with Crippen LogP contribution in [0, 0.1) is 5.82 Å². The number of nitrogens with zero attached hydrogens (tertiary/aromatic N) is 2. The highest BCUT2D eigenvalue weighted by atomic mass is 32.2. The molecule has 10 nitrogen and oxygen atoms in total. The molecule has 0 fully saturated rings. The zero-order valence-corrected chi connectivity index (χ0v) is 24.8. The van der Waals surface area contributed by atoms with Crippen molar-refractivity contribution in [2.24, 2.45) is 0 Å². The molecule has 1 aliphatic rings. The van der Waals surface area contributed by atoms with Gasteiger partial charge in [0, 0.05) is 36.7 Å². The van der Waals surface area contributed by atoms with Crippen LogP contribution in [-0.4, -0.2) is 43.1 Å². The zero-order valence-electron chi connectivity index (χ0n) is 23.1. The molecule has 2 N–H and O–H groups in total. The number of nitrogens with one attached hydrogen (secondary N) is 2. The minimum atomic E-state index is -3.95. The first-order valence-electron chi connectivity index (χ1n) is 12.9. The van der Waals surface area contributed by atoms with Crippen molar-refractivity contribution in [3.63, 3.8) is 0 Å². The predicted molar refractivity (Wildman–Crippen MR) is 165 cm³/mol. The molecule has 1 aromatic heterocycles. The van der Waals surface area contributed by atoms with Gasteiger partial charge in [0.25, 0.3) is 5.91 Å². The summed E-state index contributed by atoms with van der Waals surface area (Å²) >= 11 is 0. The van der Waals surface area contributed by atoms with Crippen molar-refractivity contribution in [3.05, 3.63) is 96.3 Å². The summed E-state index contributed by atoms with van der Waals surface area (Å²) in [5.74, 6) is -0.745. The van der Waals surface area contributed by atoms with E-state index < -0.39 is 32.0 Å². The topological polar surface area (TPSA) is 129 Å². The normalized spacial score (nSPS) is 13.9. The highest BCUT2D eigenvalue weighted by Gasteiger charge is 2.34. The SMILES string of the molecule is CNC(=O)c1c(-c2ccc(F)cc2)oc2cc(N(C)S(C)(=O)=O)c(-c3cccc(N4c5ccccc5NS4(=O)=O)c3)cc12. The number of hydrogen-bond donors (Lipinski definition) is 2. The number of hydrogen-bond acceptors (Lipinski definition) is 6. The van der Waals surface area contributed by atoms with E-state index in [-0.39, 0.29) is 22.6 Å². The van der Waals surface area contributed by atoms with Crippen LogP contribution in [0.4, 0.5) is 27.1 Å². The lowest BCUT2D eigenvalue weighted by molar-refractivity contribution is 0.0964. The molecule has 4 aromatic carbocycles. The zero-order chi connectivity index (χ0) is 30.7. The molecule has 13 heteroatoms. The van der Waals surface area contributed by atoms with Crippen LogP contribution in [0.15, 0.2) is 89.3 Å².